The van der Waals surface area contributed by atoms with Crippen LogP contribution in [0.3, 0.4) is 0 Å². The fourth-order valence-corrected chi connectivity index (χ4v) is 5.43. The predicted molar refractivity (Wildman–Crippen MR) is 204 cm³/mol. The first-order valence-corrected chi connectivity index (χ1v) is 17.0. The van der Waals surface area contributed by atoms with Gasteiger partial charge < -0.3 is 24.1 Å². The van der Waals surface area contributed by atoms with Crippen molar-refractivity contribution >= 4 is 11.9 Å². The third-order valence-electron chi connectivity index (χ3n) is 8.09. The van der Waals surface area contributed by atoms with Gasteiger partial charge in [0.25, 0.3) is 5.91 Å². The quantitative estimate of drug-likeness (QED) is 0.0582. The smallest absolute Gasteiger partial charge is 0.339 e. The number of amides is 1. The predicted octanol–water partition coefficient (Wildman–Crippen LogP) is 8.61. The first kappa shape index (κ1) is 37.7. The molecule has 9 heteroatoms. The van der Waals surface area contributed by atoms with E-state index in [1.54, 1.807) is 25.1 Å². The van der Waals surface area contributed by atoms with Crippen molar-refractivity contribution in [3.63, 3.8) is 0 Å². The Hall–Kier alpha value is -6.58. The summed E-state index contributed by atoms with van der Waals surface area (Å²) in [6.45, 7) is 5.05. The van der Waals surface area contributed by atoms with E-state index in [-0.39, 0.29) is 5.56 Å². The Kier molecular flexibility index (Phi) is 13.6. The fraction of sp³-hybridized carbons (Fsp3) is 0.136. The molecule has 6 aromatic carbocycles. The van der Waals surface area contributed by atoms with Crippen LogP contribution in [0.1, 0.15) is 54.1 Å². The highest BCUT2D eigenvalue weighted by Gasteiger charge is 2.19. The molecule has 6 aromatic rings. The van der Waals surface area contributed by atoms with Crippen LogP contribution in [0.5, 0.6) is 23.0 Å². The molecule has 0 spiro atoms. The van der Waals surface area contributed by atoms with Crippen LogP contribution in [0.2, 0.25) is 0 Å². The number of ether oxygens (including phenoxy) is 4. The van der Waals surface area contributed by atoms with Crippen molar-refractivity contribution in [1.29, 1.82) is 0 Å². The number of hydrogen-bond acceptors (Lipinski definition) is 7. The van der Waals surface area contributed by atoms with Gasteiger partial charge in [-0.05, 0) is 59.4 Å². The summed E-state index contributed by atoms with van der Waals surface area (Å²) >= 11 is 0. The van der Waals surface area contributed by atoms with Gasteiger partial charge in [0.1, 0.15) is 55.0 Å². The lowest BCUT2D eigenvalue weighted by molar-refractivity contribution is 0.0690. The zero-order valence-electron chi connectivity index (χ0n) is 29.7. The number of carbonyl (C=O) groups is 2. The summed E-state index contributed by atoms with van der Waals surface area (Å²) in [5.41, 5.74) is 8.15. The lowest BCUT2D eigenvalue weighted by Crippen LogP contribution is -2.31. The molecule has 9 nitrogen and oxygen atoms in total. The van der Waals surface area contributed by atoms with Crippen LogP contribution in [0.4, 0.5) is 0 Å². The second-order valence-corrected chi connectivity index (χ2v) is 12.1. The first-order valence-electron chi connectivity index (χ1n) is 17.0. The van der Waals surface area contributed by atoms with E-state index in [1.165, 1.54) is 0 Å². The maximum Gasteiger partial charge on any atom is 0.339 e. The van der Waals surface area contributed by atoms with E-state index in [4.69, 9.17) is 24.8 Å². The average molecular weight is 711 g/mol. The third kappa shape index (κ3) is 11.2. The van der Waals surface area contributed by atoms with Crippen molar-refractivity contribution in [2.45, 2.75) is 40.3 Å². The number of hydrazine groups is 1. The molecule has 0 saturated carbocycles. The molecule has 0 heterocycles. The average Bonchev–Trinajstić information content (AvgIpc) is 3.19. The minimum Gasteiger partial charge on any atom is -0.489 e. The molecule has 0 radical (unpaired) electrons. The normalized spacial score (nSPS) is 10.3. The number of carbonyl (C=O) groups excluding carboxylic acids is 1. The van der Waals surface area contributed by atoms with Gasteiger partial charge >= 0.3 is 5.97 Å². The van der Waals surface area contributed by atoms with Gasteiger partial charge in [-0.25, -0.2) is 10.6 Å². The minimum absolute atomic E-state index is 0.160. The van der Waals surface area contributed by atoms with Crippen molar-refractivity contribution in [3.8, 4) is 23.0 Å². The SMILES string of the molecule is Cc1cc(OCc2ccccc2)cc(OCc2ccccc2)c1C(=O)NN.Cc1cc(OCc2ccccc2)cc(OCc2ccccc2)c1C(=O)O. The highest BCUT2D eigenvalue weighted by Crippen LogP contribution is 2.31. The molecule has 1 amide bonds. The van der Waals surface area contributed by atoms with Crippen LogP contribution in [-0.4, -0.2) is 17.0 Å². The summed E-state index contributed by atoms with van der Waals surface area (Å²) < 4.78 is 23.4. The monoisotopic (exact) mass is 710 g/mol. The standard InChI is InChI=1S/C22H22N2O3.C22H20O4/c1-16-12-19(26-14-17-8-4-2-5-9-17)13-20(21(16)22(25)24-23)27-15-18-10-6-3-7-11-18;1-16-12-19(25-14-17-8-4-2-5-9-17)13-20(21(16)22(23)24)26-15-18-10-6-3-7-11-18/h2-13H,14-15,23H2,1H3,(H,24,25);2-13H,14-15H2,1H3,(H,23,24). The van der Waals surface area contributed by atoms with Crippen molar-refractivity contribution < 1.29 is 33.6 Å². The summed E-state index contributed by atoms with van der Waals surface area (Å²) in [6, 6.07) is 46.0. The molecule has 4 N–H and O–H groups in total. The molecule has 0 aromatic heterocycles. The minimum atomic E-state index is -1.01. The van der Waals surface area contributed by atoms with Gasteiger partial charge in [0.15, 0.2) is 0 Å². The highest BCUT2D eigenvalue weighted by molar-refractivity contribution is 5.98. The van der Waals surface area contributed by atoms with Gasteiger partial charge in [-0.15, -0.1) is 0 Å². The Bertz CT molecular complexity index is 2070. The number of hydrogen-bond donors (Lipinski definition) is 3. The van der Waals surface area contributed by atoms with Gasteiger partial charge in [-0.2, -0.15) is 0 Å². The fourth-order valence-electron chi connectivity index (χ4n) is 5.43. The van der Waals surface area contributed by atoms with E-state index in [9.17, 15) is 14.7 Å². The van der Waals surface area contributed by atoms with Crippen LogP contribution in [-0.2, 0) is 26.4 Å². The third-order valence-corrected chi connectivity index (χ3v) is 8.09. The second-order valence-electron chi connectivity index (χ2n) is 12.1. The number of benzene rings is 6. The van der Waals surface area contributed by atoms with E-state index < -0.39 is 11.9 Å². The summed E-state index contributed by atoms with van der Waals surface area (Å²) in [5.74, 6) is 5.88. The zero-order valence-corrected chi connectivity index (χ0v) is 29.7. The molecule has 0 aliphatic rings. The lowest BCUT2D eigenvalue weighted by atomic mass is 10.1. The summed E-state index contributed by atoms with van der Waals surface area (Å²) in [6.07, 6.45) is 0. The summed E-state index contributed by atoms with van der Waals surface area (Å²) in [4.78, 5) is 23.8. The Morgan fingerprint density at radius 1 is 0.509 bits per heavy atom. The van der Waals surface area contributed by atoms with Gasteiger partial charge in [0.2, 0.25) is 0 Å². The Labute approximate surface area is 309 Å². The van der Waals surface area contributed by atoms with E-state index in [0.717, 1.165) is 27.8 Å². The Morgan fingerprint density at radius 2 is 0.830 bits per heavy atom. The molecule has 0 bridgehead atoms. The van der Waals surface area contributed by atoms with Crippen molar-refractivity contribution in [2.75, 3.05) is 0 Å². The van der Waals surface area contributed by atoms with Crippen LogP contribution in [0, 0.1) is 13.8 Å². The molecule has 0 fully saturated rings. The van der Waals surface area contributed by atoms with Gasteiger partial charge in [-0.1, -0.05) is 121 Å². The molecular formula is C44H42N2O7. The van der Waals surface area contributed by atoms with E-state index >= 15 is 0 Å². The maximum atomic E-state index is 12.2. The molecular weight excluding hydrogens is 668 g/mol. The van der Waals surface area contributed by atoms with Crippen molar-refractivity contribution in [3.05, 3.63) is 190 Å². The number of nitrogens with one attached hydrogen (secondary N) is 1. The molecule has 0 aliphatic heterocycles. The number of nitrogens with two attached hydrogens (primary N) is 1. The molecule has 53 heavy (non-hydrogen) atoms. The lowest BCUT2D eigenvalue weighted by Gasteiger charge is -2.16. The largest absolute Gasteiger partial charge is 0.489 e. The topological polar surface area (TPSA) is 129 Å². The van der Waals surface area contributed by atoms with E-state index in [2.05, 4.69) is 5.43 Å². The molecule has 270 valence electrons. The van der Waals surface area contributed by atoms with Crippen molar-refractivity contribution in [2.24, 2.45) is 5.84 Å². The molecule has 0 unspecified atom stereocenters. The number of nitrogen functional groups attached to an aromatic ring is 1. The number of aryl methyl sites for hydroxylation is 2. The van der Waals surface area contributed by atoms with E-state index in [0.29, 0.717) is 60.6 Å². The van der Waals surface area contributed by atoms with Crippen LogP contribution in [0.15, 0.2) is 146 Å². The molecule has 0 aliphatic carbocycles. The van der Waals surface area contributed by atoms with Gasteiger partial charge in [0, 0.05) is 12.1 Å². The van der Waals surface area contributed by atoms with Gasteiger partial charge in [-0.3, -0.25) is 10.2 Å². The number of carboxylic acids is 1. The van der Waals surface area contributed by atoms with Crippen LogP contribution < -0.4 is 30.2 Å². The highest BCUT2D eigenvalue weighted by atomic mass is 16.5. The molecule has 0 saturated heterocycles. The van der Waals surface area contributed by atoms with Crippen LogP contribution in [0.25, 0.3) is 0 Å². The maximum absolute atomic E-state index is 12.2. The summed E-state index contributed by atoms with van der Waals surface area (Å²) in [7, 11) is 0. The van der Waals surface area contributed by atoms with Crippen molar-refractivity contribution in [1.82, 2.24) is 5.43 Å². The number of rotatable bonds is 14. The number of carboxylic acid groups (broad SMARTS) is 1. The number of aromatic carboxylic acids is 1. The Morgan fingerprint density at radius 3 is 1.17 bits per heavy atom. The van der Waals surface area contributed by atoms with Gasteiger partial charge in [0.05, 0.1) is 5.56 Å². The molecule has 0 atom stereocenters. The van der Waals surface area contributed by atoms with E-state index in [1.807, 2.05) is 134 Å². The summed E-state index contributed by atoms with van der Waals surface area (Å²) in [5, 5.41) is 9.52. The molecule has 6 rings (SSSR count). The first-order chi connectivity index (χ1) is 25.8. The second kappa shape index (κ2) is 19.1. The van der Waals surface area contributed by atoms with Crippen LogP contribution >= 0.6 is 0 Å². The Balaban J connectivity index is 0.000000204. The zero-order chi connectivity index (χ0) is 37.4.